The fraction of sp³-hybridized carbons (Fsp3) is 0.462. The minimum absolute atomic E-state index is 0.157. The molecule has 1 aliphatic rings. The highest BCUT2D eigenvalue weighted by Gasteiger charge is 2.30. The predicted octanol–water partition coefficient (Wildman–Crippen LogP) is 2.46. The lowest BCUT2D eigenvalue weighted by molar-refractivity contribution is -0.387. The van der Waals surface area contributed by atoms with Gasteiger partial charge in [-0.25, -0.2) is 0 Å². The van der Waals surface area contributed by atoms with Gasteiger partial charge in [-0.2, -0.15) is 4.39 Å². The maximum atomic E-state index is 13.5. The van der Waals surface area contributed by atoms with Crippen molar-refractivity contribution in [3.63, 3.8) is 0 Å². The Morgan fingerprint density at radius 2 is 1.95 bits per heavy atom. The third-order valence-corrected chi connectivity index (χ3v) is 3.67. The summed E-state index contributed by atoms with van der Waals surface area (Å²) in [7, 11) is 0. The van der Waals surface area contributed by atoms with Crippen LogP contribution in [0.5, 0.6) is 0 Å². The van der Waals surface area contributed by atoms with E-state index in [0.717, 1.165) is 12.1 Å². The second-order valence-corrected chi connectivity index (χ2v) is 5.09. The Morgan fingerprint density at radius 1 is 1.37 bits per heavy atom. The van der Waals surface area contributed by atoms with E-state index in [1.807, 2.05) is 0 Å². The van der Waals surface area contributed by atoms with Gasteiger partial charge < -0.3 is 4.90 Å². The highest BCUT2D eigenvalue weighted by molar-refractivity contribution is 5.94. The molecule has 102 valence electrons. The second kappa shape index (κ2) is 4.95. The maximum absolute atomic E-state index is 13.5. The van der Waals surface area contributed by atoms with Crippen molar-refractivity contribution >= 4 is 11.6 Å². The van der Waals surface area contributed by atoms with Gasteiger partial charge in [0.1, 0.15) is 0 Å². The number of benzene rings is 1. The van der Waals surface area contributed by atoms with Crippen LogP contribution in [0.3, 0.4) is 0 Å². The number of carbonyl (C=O) groups is 1. The molecular formula is C13H15FN2O3. The van der Waals surface area contributed by atoms with E-state index in [1.54, 1.807) is 4.90 Å². The van der Waals surface area contributed by atoms with Gasteiger partial charge in [-0.1, -0.05) is 13.8 Å². The van der Waals surface area contributed by atoms with Crippen molar-refractivity contribution in [2.75, 3.05) is 13.1 Å². The van der Waals surface area contributed by atoms with Gasteiger partial charge in [-0.15, -0.1) is 0 Å². The lowest BCUT2D eigenvalue weighted by Gasteiger charge is -2.15. The van der Waals surface area contributed by atoms with E-state index in [1.165, 1.54) is 6.07 Å². The number of nitro benzene ring substituents is 1. The molecule has 0 N–H and O–H groups in total. The average Bonchev–Trinajstić information content (AvgIpc) is 2.68. The summed E-state index contributed by atoms with van der Waals surface area (Å²) in [5.41, 5.74) is -0.455. The largest absolute Gasteiger partial charge is 0.338 e. The quantitative estimate of drug-likeness (QED) is 0.610. The monoisotopic (exact) mass is 266 g/mol. The number of amides is 1. The number of hydrogen-bond acceptors (Lipinski definition) is 3. The van der Waals surface area contributed by atoms with Gasteiger partial charge in [-0.3, -0.25) is 14.9 Å². The molecule has 19 heavy (non-hydrogen) atoms. The molecule has 1 fully saturated rings. The Labute approximate surface area is 110 Å². The number of likely N-dealkylation sites (tertiary alicyclic amines) is 1. The van der Waals surface area contributed by atoms with Crippen LogP contribution in [-0.4, -0.2) is 28.8 Å². The topological polar surface area (TPSA) is 63.5 Å². The van der Waals surface area contributed by atoms with Gasteiger partial charge in [0, 0.05) is 24.7 Å². The van der Waals surface area contributed by atoms with Crippen LogP contribution in [0.1, 0.15) is 24.2 Å². The second-order valence-electron chi connectivity index (χ2n) is 5.09. The van der Waals surface area contributed by atoms with Crippen LogP contribution in [0.25, 0.3) is 0 Å². The van der Waals surface area contributed by atoms with Crippen molar-refractivity contribution in [2.24, 2.45) is 11.8 Å². The molecule has 2 unspecified atom stereocenters. The summed E-state index contributed by atoms with van der Waals surface area (Å²) in [5, 5.41) is 10.5. The zero-order chi connectivity index (χ0) is 14.2. The smallest absolute Gasteiger partial charge is 0.304 e. The summed E-state index contributed by atoms with van der Waals surface area (Å²) in [6, 6.07) is 3.27. The van der Waals surface area contributed by atoms with E-state index >= 15 is 0 Å². The van der Waals surface area contributed by atoms with Crippen molar-refractivity contribution in [1.29, 1.82) is 0 Å². The van der Waals surface area contributed by atoms with Gasteiger partial charge in [0.05, 0.1) is 4.92 Å². The number of nitro groups is 1. The molecule has 5 nitrogen and oxygen atoms in total. The molecule has 0 radical (unpaired) electrons. The van der Waals surface area contributed by atoms with Gasteiger partial charge >= 0.3 is 5.69 Å². The van der Waals surface area contributed by atoms with Gasteiger partial charge in [0.25, 0.3) is 5.91 Å². The van der Waals surface area contributed by atoms with Crippen LogP contribution < -0.4 is 0 Å². The van der Waals surface area contributed by atoms with Crippen molar-refractivity contribution in [3.05, 3.63) is 39.7 Å². The molecule has 2 atom stereocenters. The van der Waals surface area contributed by atoms with Crippen LogP contribution in [0.4, 0.5) is 10.1 Å². The number of nitrogens with zero attached hydrogens (tertiary/aromatic N) is 2. The standard InChI is InChI=1S/C13H15FN2O3/c1-8-6-15(7-9(8)2)13(17)10-3-4-12(16(18)19)11(14)5-10/h3-5,8-9H,6-7H2,1-2H3. The van der Waals surface area contributed by atoms with Crippen molar-refractivity contribution in [1.82, 2.24) is 4.90 Å². The van der Waals surface area contributed by atoms with E-state index in [4.69, 9.17) is 0 Å². The van der Waals surface area contributed by atoms with Crippen LogP contribution in [0.2, 0.25) is 0 Å². The van der Waals surface area contributed by atoms with Crippen molar-refractivity contribution in [2.45, 2.75) is 13.8 Å². The minimum atomic E-state index is -0.976. The highest BCUT2D eigenvalue weighted by Crippen LogP contribution is 2.25. The summed E-state index contributed by atoms with van der Waals surface area (Å²) in [4.78, 5) is 23.5. The van der Waals surface area contributed by atoms with Crippen molar-refractivity contribution in [3.8, 4) is 0 Å². The molecule has 0 spiro atoms. The Bertz CT molecular complexity index is 523. The summed E-state index contributed by atoms with van der Waals surface area (Å²) in [6.45, 7) is 5.40. The Balaban J connectivity index is 2.21. The van der Waals surface area contributed by atoms with Crippen LogP contribution in [-0.2, 0) is 0 Å². The predicted molar refractivity (Wildman–Crippen MR) is 67.3 cm³/mol. The van der Waals surface area contributed by atoms with E-state index in [0.29, 0.717) is 24.9 Å². The highest BCUT2D eigenvalue weighted by atomic mass is 19.1. The van der Waals surface area contributed by atoms with Gasteiger partial charge in [-0.05, 0) is 24.0 Å². The van der Waals surface area contributed by atoms with Gasteiger partial charge in [0.15, 0.2) is 0 Å². The molecule has 1 aromatic carbocycles. The molecule has 6 heteroatoms. The summed E-state index contributed by atoms with van der Waals surface area (Å²) < 4.78 is 13.5. The zero-order valence-electron chi connectivity index (χ0n) is 10.8. The molecule has 2 rings (SSSR count). The van der Waals surface area contributed by atoms with E-state index in [2.05, 4.69) is 13.8 Å². The SMILES string of the molecule is CC1CN(C(=O)c2ccc([N+](=O)[O-])c(F)c2)CC1C. The van der Waals surface area contributed by atoms with E-state index in [9.17, 15) is 19.3 Å². The Kier molecular flexibility index (Phi) is 3.50. The summed E-state index contributed by atoms with van der Waals surface area (Å²) in [6.07, 6.45) is 0. The number of rotatable bonds is 2. The molecule has 0 saturated carbocycles. The molecule has 1 saturated heterocycles. The molecule has 1 heterocycles. The first-order valence-corrected chi connectivity index (χ1v) is 6.13. The molecule has 1 amide bonds. The number of carbonyl (C=O) groups excluding carboxylic acids is 1. The normalized spacial score (nSPS) is 22.6. The number of hydrogen-bond donors (Lipinski definition) is 0. The number of halogens is 1. The molecular weight excluding hydrogens is 251 g/mol. The maximum Gasteiger partial charge on any atom is 0.304 e. The summed E-state index contributed by atoms with van der Waals surface area (Å²) in [5.74, 6) is -0.431. The van der Waals surface area contributed by atoms with Gasteiger partial charge in [0.2, 0.25) is 5.82 Å². The fourth-order valence-electron chi connectivity index (χ4n) is 2.27. The Morgan fingerprint density at radius 3 is 2.42 bits per heavy atom. The van der Waals surface area contributed by atoms with E-state index in [-0.39, 0.29) is 11.5 Å². The zero-order valence-corrected chi connectivity index (χ0v) is 10.8. The Hall–Kier alpha value is -1.98. The average molecular weight is 266 g/mol. The molecule has 0 bridgehead atoms. The first kappa shape index (κ1) is 13.5. The first-order valence-electron chi connectivity index (χ1n) is 6.13. The lowest BCUT2D eigenvalue weighted by atomic mass is 10.0. The van der Waals surface area contributed by atoms with Crippen molar-refractivity contribution < 1.29 is 14.1 Å². The molecule has 0 aromatic heterocycles. The molecule has 1 aromatic rings. The van der Waals surface area contributed by atoms with E-state index < -0.39 is 16.4 Å². The first-order chi connectivity index (χ1) is 8.90. The van der Waals surface area contributed by atoms with Crippen LogP contribution in [0.15, 0.2) is 18.2 Å². The third kappa shape index (κ3) is 2.57. The van der Waals surface area contributed by atoms with Crippen LogP contribution >= 0.6 is 0 Å². The minimum Gasteiger partial charge on any atom is -0.338 e. The molecule has 1 aliphatic heterocycles. The summed E-state index contributed by atoms with van der Waals surface area (Å²) >= 11 is 0. The van der Waals surface area contributed by atoms with Crippen LogP contribution in [0, 0.1) is 27.8 Å². The molecule has 0 aliphatic carbocycles. The lowest BCUT2D eigenvalue weighted by Crippen LogP contribution is -2.28. The third-order valence-electron chi connectivity index (χ3n) is 3.67. The fourth-order valence-corrected chi connectivity index (χ4v) is 2.27.